The van der Waals surface area contributed by atoms with Gasteiger partial charge in [-0.05, 0) is 26.0 Å². The van der Waals surface area contributed by atoms with E-state index in [0.29, 0.717) is 41.7 Å². The lowest BCUT2D eigenvalue weighted by Gasteiger charge is -2.17. The van der Waals surface area contributed by atoms with Crippen molar-refractivity contribution in [1.29, 1.82) is 0 Å². The summed E-state index contributed by atoms with van der Waals surface area (Å²) in [6.07, 6.45) is 1.75. The number of hydrogen-bond donors (Lipinski definition) is 1. The van der Waals surface area contributed by atoms with Crippen molar-refractivity contribution in [3.8, 4) is 0 Å². The molecule has 0 unspecified atom stereocenters. The van der Waals surface area contributed by atoms with Crippen LogP contribution in [0, 0.1) is 0 Å². The van der Waals surface area contributed by atoms with Crippen molar-refractivity contribution in [1.82, 2.24) is 0 Å². The monoisotopic (exact) mass is 349 g/mol. The summed E-state index contributed by atoms with van der Waals surface area (Å²) in [6.45, 7) is 4.47. The first-order valence-electron chi connectivity index (χ1n) is 7.47. The van der Waals surface area contributed by atoms with E-state index in [2.05, 4.69) is 10.1 Å². The highest BCUT2D eigenvalue weighted by Gasteiger charge is 2.30. The van der Waals surface area contributed by atoms with Gasteiger partial charge in [0.05, 0.1) is 18.8 Å². The molecule has 6 nitrogen and oxygen atoms in total. The number of rotatable bonds is 6. The van der Waals surface area contributed by atoms with E-state index in [1.807, 2.05) is 32.0 Å². The van der Waals surface area contributed by atoms with Crippen LogP contribution in [0.15, 0.2) is 53.5 Å². The molecule has 24 heavy (non-hydrogen) atoms. The molecule has 0 bridgehead atoms. The molecule has 0 atom stereocenters. The van der Waals surface area contributed by atoms with Crippen molar-refractivity contribution in [3.63, 3.8) is 0 Å². The van der Waals surface area contributed by atoms with Crippen molar-refractivity contribution in [2.24, 2.45) is 0 Å². The molecular formula is C17H20ClN3O3. The van der Waals surface area contributed by atoms with Crippen LogP contribution in [0.1, 0.15) is 20.3 Å². The summed E-state index contributed by atoms with van der Waals surface area (Å²) in [5.74, 6) is 0.530. The van der Waals surface area contributed by atoms with Gasteiger partial charge < -0.3 is 20.3 Å². The van der Waals surface area contributed by atoms with Gasteiger partial charge in [-0.15, -0.1) is 12.4 Å². The SMILES string of the molecule is CCOC1=CC(C(=O)Nc2ccccc2)=C(OCC)CC1=[N+]=[N-].Cl. The summed E-state index contributed by atoms with van der Waals surface area (Å²) in [6, 6.07) is 9.15. The molecule has 128 valence electrons. The Morgan fingerprint density at radius 1 is 1.21 bits per heavy atom. The van der Waals surface area contributed by atoms with E-state index in [-0.39, 0.29) is 24.7 Å². The molecule has 0 heterocycles. The molecule has 0 aliphatic heterocycles. The maximum atomic E-state index is 12.5. The van der Waals surface area contributed by atoms with Crippen LogP contribution < -0.4 is 5.32 Å². The van der Waals surface area contributed by atoms with Crippen molar-refractivity contribution in [2.75, 3.05) is 18.5 Å². The Hall–Kier alpha value is -2.56. The van der Waals surface area contributed by atoms with Gasteiger partial charge in [-0.25, -0.2) is 0 Å². The van der Waals surface area contributed by atoms with Crippen LogP contribution in [0.3, 0.4) is 0 Å². The highest BCUT2D eigenvalue weighted by molar-refractivity contribution is 6.10. The first-order chi connectivity index (χ1) is 11.2. The summed E-state index contributed by atoms with van der Waals surface area (Å²) >= 11 is 0. The molecule has 1 N–H and O–H groups in total. The second-order valence-corrected chi connectivity index (χ2v) is 4.76. The zero-order chi connectivity index (χ0) is 16.7. The molecule has 1 amide bonds. The van der Waals surface area contributed by atoms with E-state index in [1.54, 1.807) is 18.2 Å². The molecule has 0 aromatic heterocycles. The molecule has 1 aromatic rings. The molecule has 2 rings (SSSR count). The van der Waals surface area contributed by atoms with E-state index >= 15 is 0 Å². The lowest BCUT2D eigenvalue weighted by atomic mass is 10.0. The third kappa shape index (κ3) is 4.72. The first kappa shape index (κ1) is 19.5. The van der Waals surface area contributed by atoms with Crippen LogP contribution in [-0.2, 0) is 14.3 Å². The van der Waals surface area contributed by atoms with Gasteiger partial charge in [0.1, 0.15) is 12.2 Å². The van der Waals surface area contributed by atoms with Crippen LogP contribution in [0.4, 0.5) is 5.69 Å². The zero-order valence-electron chi connectivity index (χ0n) is 13.6. The minimum atomic E-state index is -0.297. The van der Waals surface area contributed by atoms with Crippen LogP contribution >= 0.6 is 12.4 Å². The van der Waals surface area contributed by atoms with Gasteiger partial charge in [0, 0.05) is 11.8 Å². The van der Waals surface area contributed by atoms with E-state index in [9.17, 15) is 4.79 Å². The normalized spacial score (nSPS) is 13.4. The molecule has 0 fully saturated rings. The quantitative estimate of drug-likeness (QED) is 0.631. The molecule has 0 saturated heterocycles. The maximum absolute atomic E-state index is 12.5. The van der Waals surface area contributed by atoms with Crippen LogP contribution in [0.5, 0.6) is 0 Å². The number of hydrogen-bond acceptors (Lipinski definition) is 3. The Labute approximate surface area is 147 Å². The summed E-state index contributed by atoms with van der Waals surface area (Å²) in [7, 11) is 0. The predicted octanol–water partition coefficient (Wildman–Crippen LogP) is 3.33. The summed E-state index contributed by atoms with van der Waals surface area (Å²) < 4.78 is 11.0. The number of nitrogens with one attached hydrogen (secondary N) is 1. The Kier molecular flexibility index (Phi) is 7.75. The molecule has 1 aliphatic rings. The summed E-state index contributed by atoms with van der Waals surface area (Å²) in [4.78, 5) is 15.8. The van der Waals surface area contributed by atoms with Gasteiger partial charge in [0.25, 0.3) is 5.91 Å². The van der Waals surface area contributed by atoms with Crippen molar-refractivity contribution in [3.05, 3.63) is 59.0 Å². The van der Waals surface area contributed by atoms with E-state index in [1.165, 1.54) is 0 Å². The number of allylic oxidation sites excluding steroid dienone is 2. The van der Waals surface area contributed by atoms with Crippen LogP contribution in [0.2, 0.25) is 0 Å². The molecule has 0 radical (unpaired) electrons. The third-order valence-corrected chi connectivity index (χ3v) is 3.20. The highest BCUT2D eigenvalue weighted by Crippen LogP contribution is 2.24. The third-order valence-electron chi connectivity index (χ3n) is 3.20. The zero-order valence-corrected chi connectivity index (χ0v) is 14.4. The molecule has 1 aliphatic carbocycles. The minimum absolute atomic E-state index is 0. The van der Waals surface area contributed by atoms with E-state index < -0.39 is 0 Å². The van der Waals surface area contributed by atoms with E-state index in [4.69, 9.17) is 15.0 Å². The van der Waals surface area contributed by atoms with Gasteiger partial charge in [0.2, 0.25) is 5.76 Å². The largest absolute Gasteiger partial charge is 0.497 e. The number of benzene rings is 1. The smallest absolute Gasteiger partial charge is 0.340 e. The lowest BCUT2D eigenvalue weighted by molar-refractivity contribution is -0.112. The number of para-hydroxylation sites is 1. The number of nitrogens with zero attached hydrogens (tertiary/aromatic N) is 2. The van der Waals surface area contributed by atoms with Gasteiger partial charge >= 0.3 is 5.71 Å². The van der Waals surface area contributed by atoms with Gasteiger partial charge in [-0.1, -0.05) is 18.2 Å². The number of halogens is 1. The van der Waals surface area contributed by atoms with Crippen molar-refractivity contribution >= 4 is 29.7 Å². The molecule has 1 aromatic carbocycles. The van der Waals surface area contributed by atoms with Gasteiger partial charge in [-0.2, -0.15) is 4.79 Å². The van der Waals surface area contributed by atoms with Gasteiger partial charge in [-0.3, -0.25) is 4.79 Å². The number of amides is 1. The Balaban J connectivity index is 0.00000288. The highest BCUT2D eigenvalue weighted by atomic mass is 35.5. The molecular weight excluding hydrogens is 330 g/mol. The average Bonchev–Trinajstić information content (AvgIpc) is 2.57. The van der Waals surface area contributed by atoms with Crippen molar-refractivity contribution in [2.45, 2.75) is 20.3 Å². The lowest BCUT2D eigenvalue weighted by Crippen LogP contribution is -2.23. The maximum Gasteiger partial charge on any atom is 0.340 e. The molecule has 7 heteroatoms. The van der Waals surface area contributed by atoms with Crippen molar-refractivity contribution < 1.29 is 19.1 Å². The number of anilines is 1. The second-order valence-electron chi connectivity index (χ2n) is 4.76. The minimum Gasteiger partial charge on any atom is -0.497 e. The Bertz CT molecular complexity index is 692. The number of ether oxygens (including phenoxy) is 2. The molecule has 0 saturated carbocycles. The van der Waals surface area contributed by atoms with Gasteiger partial charge in [0.15, 0.2) is 0 Å². The fourth-order valence-electron chi connectivity index (χ4n) is 2.21. The number of carbonyl (C=O) groups excluding carboxylic acids is 1. The first-order valence-corrected chi connectivity index (χ1v) is 7.47. The standard InChI is InChI=1S/C17H19N3O3.ClH/c1-3-22-15-11-14(20-18)16(23-4-2)10-13(15)17(21)19-12-8-6-5-7-9-12;/h5-10H,3-4,11H2,1-2H3,(H,19,21);1H. The fourth-order valence-corrected chi connectivity index (χ4v) is 2.21. The number of carbonyl (C=O) groups is 1. The van der Waals surface area contributed by atoms with E-state index in [0.717, 1.165) is 0 Å². The summed E-state index contributed by atoms with van der Waals surface area (Å²) in [5, 5.41) is 2.82. The second kappa shape index (κ2) is 9.55. The summed E-state index contributed by atoms with van der Waals surface area (Å²) in [5.41, 5.74) is 10.5. The fraction of sp³-hybridized carbons (Fsp3) is 0.294. The molecule has 0 spiro atoms. The average molecular weight is 350 g/mol. The Morgan fingerprint density at radius 2 is 1.88 bits per heavy atom. The van der Waals surface area contributed by atoms with Crippen LogP contribution in [-0.4, -0.2) is 29.6 Å². The Morgan fingerprint density at radius 3 is 2.46 bits per heavy atom. The topological polar surface area (TPSA) is 84.0 Å². The van der Waals surface area contributed by atoms with Crippen LogP contribution in [0.25, 0.3) is 5.53 Å². The predicted molar refractivity (Wildman–Crippen MR) is 93.9 cm³/mol.